The molecule has 150 valence electrons. The van der Waals surface area contributed by atoms with Crippen LogP contribution in [0.5, 0.6) is 0 Å². The Balaban J connectivity index is 1.95. The van der Waals surface area contributed by atoms with Gasteiger partial charge in [-0.15, -0.1) is 0 Å². The smallest absolute Gasteiger partial charge is 0.299 e. The number of thiazole rings is 1. The van der Waals surface area contributed by atoms with E-state index in [1.54, 1.807) is 22.8 Å². The Hall–Kier alpha value is -1.96. The fourth-order valence-corrected chi connectivity index (χ4v) is 5.61. The summed E-state index contributed by atoms with van der Waals surface area (Å²) in [5.41, 5.74) is 1.73. The maximum absolute atomic E-state index is 13.1. The molecule has 0 aliphatic rings. The summed E-state index contributed by atoms with van der Waals surface area (Å²) in [6.45, 7) is 6.79. The fraction of sp³-hybridized carbons (Fsp3) is 0.381. The first-order chi connectivity index (χ1) is 13.3. The quantitative estimate of drug-likeness (QED) is 0.584. The topological polar surface area (TPSA) is 68.2 Å². The minimum Gasteiger partial charge on any atom is -0.299 e. The van der Waals surface area contributed by atoms with Crippen LogP contribution in [0.3, 0.4) is 0 Å². The highest BCUT2D eigenvalue weighted by atomic mass is 32.2. The predicted molar refractivity (Wildman–Crippen MR) is 115 cm³/mol. The molecule has 0 radical (unpaired) electrons. The van der Waals surface area contributed by atoms with E-state index in [0.29, 0.717) is 23.6 Å². The third-order valence-corrected chi connectivity index (χ3v) is 7.01. The third kappa shape index (κ3) is 4.54. The predicted octanol–water partition coefficient (Wildman–Crippen LogP) is 4.54. The van der Waals surface area contributed by atoms with Crippen LogP contribution < -0.4 is 9.60 Å². The molecular weight excluding hydrogens is 392 g/mol. The molecule has 1 aromatic heterocycles. The van der Waals surface area contributed by atoms with E-state index in [9.17, 15) is 13.2 Å². The van der Waals surface area contributed by atoms with Crippen molar-refractivity contribution in [2.75, 3.05) is 0 Å². The van der Waals surface area contributed by atoms with Crippen molar-refractivity contribution in [3.8, 4) is 0 Å². The first-order valence-electron chi connectivity index (χ1n) is 9.52. The highest BCUT2D eigenvalue weighted by Crippen LogP contribution is 2.26. The van der Waals surface area contributed by atoms with Crippen molar-refractivity contribution in [1.82, 2.24) is 9.29 Å². The van der Waals surface area contributed by atoms with E-state index in [2.05, 4.69) is 18.6 Å². The highest BCUT2D eigenvalue weighted by molar-refractivity contribution is 7.89. The van der Waals surface area contributed by atoms with Crippen molar-refractivity contribution in [3.05, 3.63) is 63.8 Å². The molecular formula is C21H26N2O3S2. The molecule has 5 nitrogen and oxygen atoms in total. The summed E-state index contributed by atoms with van der Waals surface area (Å²) in [4.78, 5) is 12.3. The number of nitrogens with one attached hydrogen (secondary N) is 1. The second kappa shape index (κ2) is 8.59. The Kier molecular flexibility index (Phi) is 6.37. The Bertz CT molecular complexity index is 1100. The zero-order chi connectivity index (χ0) is 20.3. The monoisotopic (exact) mass is 418 g/mol. The number of benzene rings is 2. The van der Waals surface area contributed by atoms with Gasteiger partial charge in [-0.05, 0) is 42.5 Å². The van der Waals surface area contributed by atoms with Gasteiger partial charge in [0, 0.05) is 12.6 Å². The number of fused-ring (bicyclic) bond motifs is 1. The van der Waals surface area contributed by atoms with Crippen molar-refractivity contribution < 1.29 is 8.42 Å². The number of sulfonamides is 1. The van der Waals surface area contributed by atoms with Gasteiger partial charge in [-0.2, -0.15) is 0 Å². The molecule has 0 fully saturated rings. The van der Waals surface area contributed by atoms with Gasteiger partial charge in [-0.25, -0.2) is 13.1 Å². The maximum Gasteiger partial charge on any atom is 0.308 e. The lowest BCUT2D eigenvalue weighted by Crippen LogP contribution is -2.29. The van der Waals surface area contributed by atoms with Gasteiger partial charge < -0.3 is 0 Å². The molecule has 3 rings (SSSR count). The molecule has 0 aliphatic carbocycles. The second-order valence-corrected chi connectivity index (χ2v) is 10.1. The van der Waals surface area contributed by atoms with Gasteiger partial charge in [-0.3, -0.25) is 9.36 Å². The molecule has 28 heavy (non-hydrogen) atoms. The molecule has 0 bridgehead atoms. The third-order valence-electron chi connectivity index (χ3n) is 4.60. The summed E-state index contributed by atoms with van der Waals surface area (Å²) < 4.78 is 31.4. The Morgan fingerprint density at radius 3 is 2.46 bits per heavy atom. The van der Waals surface area contributed by atoms with Crippen molar-refractivity contribution >= 4 is 31.6 Å². The van der Waals surface area contributed by atoms with Crippen LogP contribution in [0.25, 0.3) is 10.2 Å². The molecule has 1 heterocycles. The molecule has 0 aliphatic heterocycles. The summed E-state index contributed by atoms with van der Waals surface area (Å²) in [6, 6.07) is 14.2. The fourth-order valence-electron chi connectivity index (χ4n) is 3.31. The number of rotatable bonds is 8. The lowest BCUT2D eigenvalue weighted by molar-refractivity contribution is 0.472. The molecule has 2 aromatic carbocycles. The van der Waals surface area contributed by atoms with E-state index in [4.69, 9.17) is 0 Å². The second-order valence-electron chi connectivity index (χ2n) is 7.36. The molecule has 0 spiro atoms. The molecule has 1 atom stereocenters. The van der Waals surface area contributed by atoms with Gasteiger partial charge in [0.25, 0.3) is 0 Å². The first kappa shape index (κ1) is 20.8. The molecule has 0 saturated heterocycles. The number of hydrogen-bond donors (Lipinski definition) is 1. The Labute approximate surface area is 170 Å². The molecule has 7 heteroatoms. The summed E-state index contributed by atoms with van der Waals surface area (Å²) in [5.74, 6) is 0.337. The SMILES string of the molecule is CCCn1c(=O)sc2cc(S(=O)(=O)N[C@@H](CC(C)C)c3ccccc3)ccc21. The summed E-state index contributed by atoms with van der Waals surface area (Å²) in [7, 11) is -3.72. The molecule has 0 saturated carbocycles. The lowest BCUT2D eigenvalue weighted by atomic mass is 9.98. The van der Waals surface area contributed by atoms with Crippen LogP contribution in [0.1, 0.15) is 45.2 Å². The van der Waals surface area contributed by atoms with Crippen molar-refractivity contribution in [2.45, 2.75) is 51.1 Å². The van der Waals surface area contributed by atoms with Gasteiger partial charge in [0.05, 0.1) is 15.1 Å². The van der Waals surface area contributed by atoms with Crippen LogP contribution in [-0.2, 0) is 16.6 Å². The van der Waals surface area contributed by atoms with Crippen molar-refractivity contribution in [2.24, 2.45) is 5.92 Å². The average molecular weight is 419 g/mol. The zero-order valence-corrected chi connectivity index (χ0v) is 18.0. The maximum atomic E-state index is 13.1. The average Bonchev–Trinajstić information content (AvgIpc) is 2.96. The van der Waals surface area contributed by atoms with Crippen molar-refractivity contribution in [1.29, 1.82) is 0 Å². The van der Waals surface area contributed by atoms with E-state index in [0.717, 1.165) is 28.8 Å². The molecule has 3 aromatic rings. The minimum absolute atomic E-state index is 0.0543. The number of nitrogens with zero attached hydrogens (tertiary/aromatic N) is 1. The molecule has 0 unspecified atom stereocenters. The summed E-state index contributed by atoms with van der Waals surface area (Å²) in [6.07, 6.45) is 1.55. The van der Waals surface area contributed by atoms with Gasteiger partial charge in [0.15, 0.2) is 0 Å². The van der Waals surface area contributed by atoms with Gasteiger partial charge in [0.1, 0.15) is 0 Å². The standard InChI is InChI=1S/C21H26N2O3S2/c1-4-12-23-19-11-10-17(14-20(19)27-21(23)24)28(25,26)22-18(13-15(2)3)16-8-6-5-7-9-16/h5-11,14-15,18,22H,4,12-13H2,1-3H3/t18-/m0/s1. The van der Waals surface area contributed by atoms with Crippen LogP contribution in [0, 0.1) is 5.92 Å². The van der Waals surface area contributed by atoms with Gasteiger partial charge in [0.2, 0.25) is 10.0 Å². The van der Waals surface area contributed by atoms with Crippen LogP contribution in [0.2, 0.25) is 0 Å². The lowest BCUT2D eigenvalue weighted by Gasteiger charge is -2.21. The van der Waals surface area contributed by atoms with Crippen LogP contribution in [0.4, 0.5) is 0 Å². The van der Waals surface area contributed by atoms with E-state index in [1.165, 1.54) is 0 Å². The molecule has 1 N–H and O–H groups in total. The van der Waals surface area contributed by atoms with Crippen LogP contribution in [0.15, 0.2) is 58.2 Å². The Morgan fingerprint density at radius 1 is 1.11 bits per heavy atom. The number of aryl methyl sites for hydroxylation is 1. The van der Waals surface area contributed by atoms with Gasteiger partial charge in [-0.1, -0.05) is 62.4 Å². The number of hydrogen-bond acceptors (Lipinski definition) is 4. The van der Waals surface area contributed by atoms with E-state index >= 15 is 0 Å². The van der Waals surface area contributed by atoms with E-state index in [-0.39, 0.29) is 15.8 Å². The van der Waals surface area contributed by atoms with Crippen LogP contribution >= 0.6 is 11.3 Å². The van der Waals surface area contributed by atoms with E-state index < -0.39 is 10.0 Å². The van der Waals surface area contributed by atoms with E-state index in [1.807, 2.05) is 37.3 Å². The van der Waals surface area contributed by atoms with Gasteiger partial charge >= 0.3 is 4.87 Å². The largest absolute Gasteiger partial charge is 0.308 e. The number of aromatic nitrogens is 1. The molecule has 0 amide bonds. The Morgan fingerprint density at radius 2 is 1.82 bits per heavy atom. The zero-order valence-electron chi connectivity index (χ0n) is 16.4. The minimum atomic E-state index is -3.72. The normalized spacial score (nSPS) is 13.3. The summed E-state index contributed by atoms with van der Waals surface area (Å²) >= 11 is 1.09. The van der Waals surface area contributed by atoms with Crippen molar-refractivity contribution in [3.63, 3.8) is 0 Å². The summed E-state index contributed by atoms with van der Waals surface area (Å²) in [5, 5.41) is 0. The van der Waals surface area contributed by atoms with Crippen LogP contribution in [-0.4, -0.2) is 13.0 Å². The highest BCUT2D eigenvalue weighted by Gasteiger charge is 2.23. The first-order valence-corrected chi connectivity index (χ1v) is 11.8.